The summed E-state index contributed by atoms with van der Waals surface area (Å²) in [6, 6.07) is 4.52. The number of alkyl halides is 1. The van der Waals surface area contributed by atoms with Crippen LogP contribution in [0.25, 0.3) is 0 Å². The Bertz CT molecular complexity index is 339. The number of hydrogen-bond acceptors (Lipinski definition) is 2. The molecule has 0 bridgehead atoms. The zero-order chi connectivity index (χ0) is 9.84. The molecule has 0 fully saturated rings. The third-order valence-electron chi connectivity index (χ3n) is 1.34. The summed E-state index contributed by atoms with van der Waals surface area (Å²) in [4.78, 5) is 3.87. The van der Waals surface area contributed by atoms with Crippen LogP contribution in [0, 0.1) is 0 Å². The Morgan fingerprint density at radius 3 is 2.85 bits per heavy atom. The number of rotatable bonds is 2. The topological polar surface area (TPSA) is 58.6 Å². The molecule has 0 aliphatic carbocycles. The molecule has 0 aliphatic rings. The van der Waals surface area contributed by atoms with E-state index >= 15 is 0 Å². The Morgan fingerprint density at radius 2 is 2.23 bits per heavy atom. The minimum Gasteiger partial charge on any atom is -0.506 e. The number of phenols is 1. The Kier molecular flexibility index (Phi) is 3.39. The van der Waals surface area contributed by atoms with Crippen molar-refractivity contribution in [2.24, 2.45) is 10.7 Å². The summed E-state index contributed by atoms with van der Waals surface area (Å²) in [5.74, 6) is 0.378. The van der Waals surface area contributed by atoms with E-state index < -0.39 is 0 Å². The number of phenolic OH excluding ortho intramolecular Hbond substituents is 1. The molecule has 3 nitrogen and oxygen atoms in total. The molecule has 3 N–H and O–H groups in total. The van der Waals surface area contributed by atoms with Crippen LogP contribution in [-0.4, -0.2) is 16.8 Å². The molecular formula is C8H8Cl2N2O. The standard InChI is InChI=1S/C8H8Cl2N2O/c9-4-8(11)12-6-3-5(10)1-2-7(6)13/h1-3,13H,4H2,(H2,11,12). The van der Waals surface area contributed by atoms with Crippen LogP contribution in [0.5, 0.6) is 5.75 Å². The highest BCUT2D eigenvalue weighted by Crippen LogP contribution is 2.29. The summed E-state index contributed by atoms with van der Waals surface area (Å²) in [5.41, 5.74) is 5.71. The molecule has 13 heavy (non-hydrogen) atoms. The number of nitrogens with zero attached hydrogens (tertiary/aromatic N) is 1. The maximum Gasteiger partial charge on any atom is 0.141 e. The van der Waals surface area contributed by atoms with Gasteiger partial charge < -0.3 is 10.8 Å². The molecule has 1 aromatic carbocycles. The van der Waals surface area contributed by atoms with E-state index in [1.807, 2.05) is 0 Å². The fraction of sp³-hybridized carbons (Fsp3) is 0.125. The van der Waals surface area contributed by atoms with Gasteiger partial charge in [-0.15, -0.1) is 11.6 Å². The Hall–Kier alpha value is -0.930. The summed E-state index contributed by atoms with van der Waals surface area (Å²) >= 11 is 11.1. The highest BCUT2D eigenvalue weighted by atomic mass is 35.5. The van der Waals surface area contributed by atoms with Crippen molar-refractivity contribution in [1.82, 2.24) is 0 Å². The Balaban J connectivity index is 3.07. The molecule has 0 heterocycles. The van der Waals surface area contributed by atoms with Crippen molar-refractivity contribution >= 4 is 34.7 Å². The summed E-state index contributed by atoms with van der Waals surface area (Å²) < 4.78 is 0. The Morgan fingerprint density at radius 1 is 1.54 bits per heavy atom. The Labute approximate surface area is 85.8 Å². The number of benzene rings is 1. The van der Waals surface area contributed by atoms with E-state index in [0.29, 0.717) is 10.7 Å². The van der Waals surface area contributed by atoms with Crippen LogP contribution >= 0.6 is 23.2 Å². The highest BCUT2D eigenvalue weighted by Gasteiger charge is 2.00. The molecule has 0 aliphatic heterocycles. The van der Waals surface area contributed by atoms with Crippen LogP contribution in [0.2, 0.25) is 5.02 Å². The van der Waals surface area contributed by atoms with Gasteiger partial charge in [0.05, 0.1) is 5.88 Å². The first-order valence-corrected chi connectivity index (χ1v) is 4.42. The van der Waals surface area contributed by atoms with Crippen molar-refractivity contribution in [2.75, 3.05) is 5.88 Å². The predicted octanol–water partition coefficient (Wildman–Crippen LogP) is 2.27. The second kappa shape index (κ2) is 4.35. The molecule has 0 amide bonds. The largest absolute Gasteiger partial charge is 0.506 e. The molecule has 5 heteroatoms. The van der Waals surface area contributed by atoms with Crippen LogP contribution in [0.4, 0.5) is 5.69 Å². The number of aromatic hydroxyl groups is 1. The van der Waals surface area contributed by atoms with Crippen LogP contribution < -0.4 is 5.73 Å². The molecule has 1 rings (SSSR count). The lowest BCUT2D eigenvalue weighted by molar-refractivity contribution is 0.477. The van der Waals surface area contributed by atoms with E-state index in [-0.39, 0.29) is 17.5 Å². The van der Waals surface area contributed by atoms with Gasteiger partial charge in [0.2, 0.25) is 0 Å². The van der Waals surface area contributed by atoms with Gasteiger partial charge in [-0.05, 0) is 18.2 Å². The van der Waals surface area contributed by atoms with E-state index in [1.165, 1.54) is 12.1 Å². The van der Waals surface area contributed by atoms with Gasteiger partial charge in [-0.1, -0.05) is 11.6 Å². The zero-order valence-corrected chi connectivity index (χ0v) is 8.18. The molecule has 0 aromatic heterocycles. The molecule has 1 aromatic rings. The molecule has 0 radical (unpaired) electrons. The van der Waals surface area contributed by atoms with Gasteiger partial charge in [-0.3, -0.25) is 0 Å². The average molecular weight is 219 g/mol. The second-order valence-electron chi connectivity index (χ2n) is 2.37. The molecule has 0 saturated heterocycles. The minimum absolute atomic E-state index is 0.0254. The van der Waals surface area contributed by atoms with Crippen molar-refractivity contribution in [1.29, 1.82) is 0 Å². The predicted molar refractivity (Wildman–Crippen MR) is 55.1 cm³/mol. The van der Waals surface area contributed by atoms with E-state index in [0.717, 1.165) is 0 Å². The number of halogens is 2. The van der Waals surface area contributed by atoms with Gasteiger partial charge in [0.1, 0.15) is 17.3 Å². The summed E-state index contributed by atoms with van der Waals surface area (Å²) in [5, 5.41) is 9.80. The van der Waals surface area contributed by atoms with Gasteiger partial charge >= 0.3 is 0 Å². The fourth-order valence-corrected chi connectivity index (χ4v) is 0.997. The normalized spacial score (nSPS) is 11.7. The molecule has 0 saturated carbocycles. The van der Waals surface area contributed by atoms with Gasteiger partial charge in [0.15, 0.2) is 0 Å². The molecule has 0 unspecified atom stereocenters. The monoisotopic (exact) mass is 218 g/mol. The van der Waals surface area contributed by atoms with E-state index in [4.69, 9.17) is 28.9 Å². The first-order chi connectivity index (χ1) is 6.13. The number of hydrogen-bond donors (Lipinski definition) is 2. The summed E-state index contributed by atoms with van der Waals surface area (Å²) in [7, 11) is 0. The smallest absolute Gasteiger partial charge is 0.141 e. The van der Waals surface area contributed by atoms with E-state index in [9.17, 15) is 5.11 Å². The molecule has 0 atom stereocenters. The third-order valence-corrected chi connectivity index (χ3v) is 1.85. The van der Waals surface area contributed by atoms with Crippen molar-refractivity contribution in [3.63, 3.8) is 0 Å². The molecular weight excluding hydrogens is 211 g/mol. The first kappa shape index (κ1) is 10.2. The van der Waals surface area contributed by atoms with Crippen LogP contribution in [-0.2, 0) is 0 Å². The summed E-state index contributed by atoms with van der Waals surface area (Å²) in [6.07, 6.45) is 0. The lowest BCUT2D eigenvalue weighted by Gasteiger charge is -2.00. The van der Waals surface area contributed by atoms with E-state index in [2.05, 4.69) is 4.99 Å². The number of amidine groups is 1. The zero-order valence-electron chi connectivity index (χ0n) is 6.67. The van der Waals surface area contributed by atoms with Crippen molar-refractivity contribution < 1.29 is 5.11 Å². The van der Waals surface area contributed by atoms with Gasteiger partial charge in [-0.25, -0.2) is 4.99 Å². The maximum atomic E-state index is 9.31. The van der Waals surface area contributed by atoms with Crippen LogP contribution in [0.1, 0.15) is 0 Å². The van der Waals surface area contributed by atoms with Crippen LogP contribution in [0.15, 0.2) is 23.2 Å². The summed E-state index contributed by atoms with van der Waals surface area (Å²) in [6.45, 7) is 0. The average Bonchev–Trinajstić information content (AvgIpc) is 2.11. The fourth-order valence-electron chi connectivity index (χ4n) is 0.771. The van der Waals surface area contributed by atoms with Gasteiger partial charge in [0, 0.05) is 5.02 Å². The van der Waals surface area contributed by atoms with Crippen LogP contribution in [0.3, 0.4) is 0 Å². The number of nitrogens with two attached hydrogens (primary N) is 1. The SMILES string of the molecule is NC(CCl)=Nc1cc(Cl)ccc1O. The molecule has 0 spiro atoms. The van der Waals surface area contributed by atoms with Crippen molar-refractivity contribution in [2.45, 2.75) is 0 Å². The van der Waals surface area contributed by atoms with Crippen molar-refractivity contribution in [3.8, 4) is 5.75 Å². The maximum absolute atomic E-state index is 9.31. The molecule has 70 valence electrons. The minimum atomic E-state index is 0.0254. The first-order valence-electron chi connectivity index (χ1n) is 3.51. The third kappa shape index (κ3) is 2.79. The van der Waals surface area contributed by atoms with Gasteiger partial charge in [-0.2, -0.15) is 0 Å². The lowest BCUT2D eigenvalue weighted by Crippen LogP contribution is -2.12. The second-order valence-corrected chi connectivity index (χ2v) is 3.07. The lowest BCUT2D eigenvalue weighted by atomic mass is 10.3. The number of aliphatic imine (C=N–C) groups is 1. The van der Waals surface area contributed by atoms with E-state index in [1.54, 1.807) is 6.07 Å². The van der Waals surface area contributed by atoms with Gasteiger partial charge in [0.25, 0.3) is 0 Å². The highest BCUT2D eigenvalue weighted by molar-refractivity contribution is 6.31. The van der Waals surface area contributed by atoms with Crippen molar-refractivity contribution in [3.05, 3.63) is 23.2 Å². The quantitative estimate of drug-likeness (QED) is 0.455.